The topological polar surface area (TPSA) is 104 Å². The van der Waals surface area contributed by atoms with Gasteiger partial charge in [-0.25, -0.2) is 8.42 Å². The Morgan fingerprint density at radius 1 is 0.780 bits per heavy atom. The Balaban J connectivity index is 1.03. The zero-order valence-electron chi connectivity index (χ0n) is 23.0. The number of unbranched alkanes of at least 4 members (excludes halogenated alkanes) is 2. The molecule has 214 valence electrons. The second kappa shape index (κ2) is 12.8. The van der Waals surface area contributed by atoms with Gasteiger partial charge in [0.05, 0.1) is 16.0 Å². The van der Waals surface area contributed by atoms with E-state index in [4.69, 9.17) is 0 Å². The number of anilines is 1. The molecule has 1 fully saturated rings. The number of imide groups is 1. The summed E-state index contributed by atoms with van der Waals surface area (Å²) in [5, 5.41) is 2.82. The fourth-order valence-corrected chi connectivity index (χ4v) is 7.03. The lowest BCUT2D eigenvalue weighted by molar-refractivity contribution is -0.116. The average molecular weight is 574 g/mol. The molecule has 0 spiro atoms. The number of carbonyl (C=O) groups excluding carboxylic acids is 3. The summed E-state index contributed by atoms with van der Waals surface area (Å²) >= 11 is 0. The van der Waals surface area contributed by atoms with Crippen LogP contribution in [0.15, 0.2) is 83.8 Å². The predicted octanol–water partition coefficient (Wildman–Crippen LogP) is 5.13. The van der Waals surface area contributed by atoms with Crippen molar-refractivity contribution in [3.63, 3.8) is 0 Å². The summed E-state index contributed by atoms with van der Waals surface area (Å²) in [6.45, 7) is 1.34. The Morgan fingerprint density at radius 3 is 2.02 bits per heavy atom. The first-order valence-electron chi connectivity index (χ1n) is 14.2. The summed E-state index contributed by atoms with van der Waals surface area (Å²) in [5.74, 6) is -0.215. The van der Waals surface area contributed by atoms with Gasteiger partial charge in [-0.2, -0.15) is 4.31 Å². The molecule has 0 aromatic heterocycles. The maximum atomic E-state index is 13.2. The lowest BCUT2D eigenvalue weighted by atomic mass is 9.91. The lowest BCUT2D eigenvalue weighted by Crippen LogP contribution is -2.38. The highest BCUT2D eigenvalue weighted by molar-refractivity contribution is 7.89. The predicted molar refractivity (Wildman–Crippen MR) is 157 cm³/mol. The molecule has 1 N–H and O–H groups in total. The van der Waals surface area contributed by atoms with Crippen LogP contribution in [-0.2, 0) is 21.2 Å². The summed E-state index contributed by atoms with van der Waals surface area (Å²) in [5.41, 5.74) is 2.72. The van der Waals surface area contributed by atoms with Crippen molar-refractivity contribution in [1.29, 1.82) is 0 Å². The molecule has 1 saturated heterocycles. The third-order valence-electron chi connectivity index (χ3n) is 7.88. The number of benzene rings is 3. The van der Waals surface area contributed by atoms with Gasteiger partial charge in [-0.3, -0.25) is 19.3 Å². The number of piperidine rings is 1. The zero-order valence-corrected chi connectivity index (χ0v) is 23.8. The monoisotopic (exact) mass is 573 g/mol. The zero-order chi connectivity index (χ0) is 28.8. The average Bonchev–Trinajstić information content (AvgIpc) is 3.23. The number of fused-ring (bicyclic) bond motifs is 1. The van der Waals surface area contributed by atoms with E-state index in [2.05, 4.69) is 17.4 Å². The van der Waals surface area contributed by atoms with E-state index >= 15 is 0 Å². The highest BCUT2D eigenvalue weighted by Crippen LogP contribution is 2.27. The van der Waals surface area contributed by atoms with Gasteiger partial charge in [-0.1, -0.05) is 48.9 Å². The van der Waals surface area contributed by atoms with Crippen molar-refractivity contribution in [3.05, 3.63) is 95.6 Å². The first-order valence-corrected chi connectivity index (χ1v) is 15.7. The van der Waals surface area contributed by atoms with Crippen molar-refractivity contribution in [1.82, 2.24) is 9.21 Å². The van der Waals surface area contributed by atoms with E-state index in [9.17, 15) is 22.8 Å². The number of hydrogen-bond acceptors (Lipinski definition) is 5. The third-order valence-corrected chi connectivity index (χ3v) is 9.79. The van der Waals surface area contributed by atoms with Crippen LogP contribution in [0.5, 0.6) is 0 Å². The first kappa shape index (κ1) is 28.7. The molecule has 3 aromatic rings. The summed E-state index contributed by atoms with van der Waals surface area (Å²) in [6.07, 6.45) is 4.85. The van der Waals surface area contributed by atoms with Crippen molar-refractivity contribution in [3.8, 4) is 0 Å². The van der Waals surface area contributed by atoms with Gasteiger partial charge in [0.1, 0.15) is 0 Å². The number of amides is 3. The Bertz CT molecular complexity index is 1460. The quantitative estimate of drug-likeness (QED) is 0.253. The minimum Gasteiger partial charge on any atom is -0.326 e. The number of nitrogens with zero attached hydrogens (tertiary/aromatic N) is 2. The largest absolute Gasteiger partial charge is 0.326 e. The molecule has 0 atom stereocenters. The van der Waals surface area contributed by atoms with Crippen LogP contribution in [0.1, 0.15) is 64.8 Å². The molecule has 3 aromatic carbocycles. The molecule has 8 nitrogen and oxygen atoms in total. The molecule has 9 heteroatoms. The number of carbonyl (C=O) groups is 3. The lowest BCUT2D eigenvalue weighted by Gasteiger charge is -2.31. The van der Waals surface area contributed by atoms with E-state index in [1.165, 1.54) is 10.5 Å². The summed E-state index contributed by atoms with van der Waals surface area (Å²) in [4.78, 5) is 38.8. The van der Waals surface area contributed by atoms with Crippen LogP contribution < -0.4 is 5.32 Å². The molecule has 3 amide bonds. The van der Waals surface area contributed by atoms with Gasteiger partial charge >= 0.3 is 0 Å². The number of hydrogen-bond donors (Lipinski definition) is 1. The second-order valence-electron chi connectivity index (χ2n) is 10.7. The molecule has 2 aliphatic rings. The van der Waals surface area contributed by atoms with Gasteiger partial charge in [-0.05, 0) is 80.0 Å². The minimum atomic E-state index is -3.59. The van der Waals surface area contributed by atoms with E-state index in [1.807, 2.05) is 18.2 Å². The van der Waals surface area contributed by atoms with Crippen molar-refractivity contribution >= 4 is 33.4 Å². The summed E-state index contributed by atoms with van der Waals surface area (Å²) in [6, 6.07) is 23.4. The minimum absolute atomic E-state index is 0.165. The Morgan fingerprint density at radius 2 is 1.39 bits per heavy atom. The van der Waals surface area contributed by atoms with Crippen LogP contribution in [0.25, 0.3) is 0 Å². The van der Waals surface area contributed by atoms with Crippen LogP contribution in [0, 0.1) is 5.92 Å². The number of rotatable bonds is 11. The molecule has 41 heavy (non-hydrogen) atoms. The highest BCUT2D eigenvalue weighted by atomic mass is 32.2. The SMILES string of the molecule is O=C(CCCCCN1C(=O)c2ccccc2C1=O)Nc1ccc(S(=O)(=O)N2CCC(Cc3ccccc3)CC2)cc1. The first-order chi connectivity index (χ1) is 19.8. The van der Waals surface area contributed by atoms with Gasteiger partial charge in [0.15, 0.2) is 0 Å². The number of nitrogens with one attached hydrogen (secondary N) is 1. The van der Waals surface area contributed by atoms with Gasteiger partial charge in [0.25, 0.3) is 11.8 Å². The fraction of sp³-hybridized carbons (Fsp3) is 0.344. The van der Waals surface area contributed by atoms with Gasteiger partial charge < -0.3 is 5.32 Å². The van der Waals surface area contributed by atoms with Crippen LogP contribution in [-0.4, -0.2) is 55.0 Å². The summed E-state index contributed by atoms with van der Waals surface area (Å²) in [7, 11) is -3.59. The van der Waals surface area contributed by atoms with Crippen molar-refractivity contribution in [2.45, 2.75) is 49.8 Å². The van der Waals surface area contributed by atoms with E-state index in [1.54, 1.807) is 52.8 Å². The Hall–Kier alpha value is -3.82. The highest BCUT2D eigenvalue weighted by Gasteiger charge is 2.34. The van der Waals surface area contributed by atoms with Crippen molar-refractivity contribution in [2.24, 2.45) is 5.92 Å². The van der Waals surface area contributed by atoms with E-state index in [0.29, 0.717) is 68.0 Å². The van der Waals surface area contributed by atoms with Gasteiger partial charge in [0, 0.05) is 31.7 Å². The van der Waals surface area contributed by atoms with Crippen molar-refractivity contribution < 1.29 is 22.8 Å². The maximum absolute atomic E-state index is 13.2. The molecule has 2 aliphatic heterocycles. The molecular weight excluding hydrogens is 538 g/mol. The van der Waals surface area contributed by atoms with Crippen LogP contribution in [0.2, 0.25) is 0 Å². The molecule has 2 heterocycles. The molecule has 0 radical (unpaired) electrons. The smallest absolute Gasteiger partial charge is 0.261 e. The second-order valence-corrected chi connectivity index (χ2v) is 12.7. The Kier molecular flexibility index (Phi) is 8.95. The third kappa shape index (κ3) is 6.74. The summed E-state index contributed by atoms with van der Waals surface area (Å²) < 4.78 is 27.9. The van der Waals surface area contributed by atoms with Crippen LogP contribution in [0.4, 0.5) is 5.69 Å². The van der Waals surface area contributed by atoms with Crippen LogP contribution in [0.3, 0.4) is 0 Å². The molecule has 0 unspecified atom stereocenters. The van der Waals surface area contributed by atoms with Crippen LogP contribution >= 0.6 is 0 Å². The van der Waals surface area contributed by atoms with Gasteiger partial charge in [-0.15, -0.1) is 0 Å². The van der Waals surface area contributed by atoms with Crippen molar-refractivity contribution in [2.75, 3.05) is 25.0 Å². The molecule has 0 bridgehead atoms. The molecular formula is C32H35N3O5S. The Labute approximate surface area is 241 Å². The normalized spacial score (nSPS) is 16.1. The number of sulfonamides is 1. The van der Waals surface area contributed by atoms with Gasteiger partial charge in [0.2, 0.25) is 15.9 Å². The van der Waals surface area contributed by atoms with E-state index in [0.717, 1.165) is 19.3 Å². The fourth-order valence-electron chi connectivity index (χ4n) is 5.56. The standard InChI is InChI=1S/C32H35N3O5S/c36-30(13-5-2-8-20-35-31(37)28-11-6-7-12-29(28)32(35)38)33-26-14-16-27(17-15-26)41(39,40)34-21-18-25(19-22-34)23-24-9-3-1-4-10-24/h1,3-4,6-7,9-12,14-17,25H,2,5,8,13,18-23H2,(H,33,36). The molecule has 5 rings (SSSR count). The van der Waals surface area contributed by atoms with E-state index < -0.39 is 10.0 Å². The maximum Gasteiger partial charge on any atom is 0.261 e. The molecule has 0 aliphatic carbocycles. The van der Waals surface area contributed by atoms with E-state index in [-0.39, 0.29) is 22.6 Å². The molecule has 0 saturated carbocycles.